The molecule has 0 fully saturated rings. The molecule has 0 spiro atoms. The summed E-state index contributed by atoms with van der Waals surface area (Å²) in [5.41, 5.74) is 2.86. The first kappa shape index (κ1) is 25.5. The molecule has 37 heavy (non-hydrogen) atoms. The minimum absolute atomic E-state index is 0.108. The van der Waals surface area contributed by atoms with Crippen LogP contribution in [0.1, 0.15) is 16.9 Å². The van der Waals surface area contributed by atoms with Gasteiger partial charge in [0.1, 0.15) is 0 Å². The number of hydrogen-bond acceptors (Lipinski definition) is 6. The Morgan fingerprint density at radius 2 is 1.70 bits per heavy atom. The van der Waals surface area contributed by atoms with Gasteiger partial charge in [0.2, 0.25) is 5.91 Å². The summed E-state index contributed by atoms with van der Waals surface area (Å²) in [6, 6.07) is 25.5. The van der Waals surface area contributed by atoms with Gasteiger partial charge < -0.3 is 5.32 Å². The number of benzene rings is 3. The summed E-state index contributed by atoms with van der Waals surface area (Å²) in [5, 5.41) is 14.1. The molecule has 1 N–H and O–H groups in total. The summed E-state index contributed by atoms with van der Waals surface area (Å²) in [6.45, 7) is 0. The van der Waals surface area contributed by atoms with Crippen LogP contribution in [0.5, 0.6) is 0 Å². The first-order valence-corrected chi connectivity index (χ1v) is 14.0. The minimum atomic E-state index is -0.108. The normalized spacial score (nSPS) is 11.0. The molecule has 0 bridgehead atoms. The van der Waals surface area contributed by atoms with Crippen molar-refractivity contribution in [2.24, 2.45) is 0 Å². The standard InChI is InChI=1S/C27H21Cl2N5OS2/c28-22-13-7-10-19(24(22)29)16-21-17-30-26(37-21)31-23(35)14-15-36-27-33-32-25(18-8-3-1-4-9-18)34(27)20-11-5-2-6-12-20/h1-13,17H,14-16H2,(H,30,31,35). The van der Waals surface area contributed by atoms with Gasteiger partial charge in [-0.1, -0.05) is 95.6 Å². The number of carbonyl (C=O) groups is 1. The topological polar surface area (TPSA) is 72.7 Å². The monoisotopic (exact) mass is 565 g/mol. The summed E-state index contributed by atoms with van der Waals surface area (Å²) >= 11 is 15.3. The number of aromatic nitrogens is 4. The third-order valence-corrected chi connectivity index (χ3v) is 8.14. The molecule has 0 atom stereocenters. The Kier molecular flexibility index (Phi) is 8.21. The van der Waals surface area contributed by atoms with Crippen LogP contribution in [-0.2, 0) is 11.2 Å². The maximum atomic E-state index is 12.6. The first-order chi connectivity index (χ1) is 18.1. The Hall–Kier alpha value is -3.17. The van der Waals surface area contributed by atoms with E-state index in [1.165, 1.54) is 23.1 Å². The van der Waals surface area contributed by atoms with E-state index >= 15 is 0 Å². The molecule has 0 aliphatic rings. The molecule has 5 rings (SSSR count). The summed E-state index contributed by atoms with van der Waals surface area (Å²) in [7, 11) is 0. The van der Waals surface area contributed by atoms with Crippen molar-refractivity contribution in [3.8, 4) is 17.1 Å². The van der Waals surface area contributed by atoms with E-state index in [0.717, 1.165) is 32.7 Å². The first-order valence-electron chi connectivity index (χ1n) is 11.4. The van der Waals surface area contributed by atoms with Crippen LogP contribution in [0.4, 0.5) is 5.13 Å². The second kappa shape index (κ2) is 11.9. The number of amides is 1. The van der Waals surface area contributed by atoms with Crippen LogP contribution in [0.15, 0.2) is 90.2 Å². The molecule has 0 aliphatic carbocycles. The fourth-order valence-corrected chi connectivity index (χ4v) is 5.81. The lowest BCUT2D eigenvalue weighted by Gasteiger charge is -2.10. The van der Waals surface area contributed by atoms with Crippen molar-refractivity contribution >= 4 is 57.3 Å². The quantitative estimate of drug-likeness (QED) is 0.188. The van der Waals surface area contributed by atoms with Gasteiger partial charge in [-0.2, -0.15) is 0 Å². The average molecular weight is 567 g/mol. The van der Waals surface area contributed by atoms with Gasteiger partial charge in [-0.15, -0.1) is 21.5 Å². The van der Waals surface area contributed by atoms with Crippen molar-refractivity contribution in [3.63, 3.8) is 0 Å². The van der Waals surface area contributed by atoms with Gasteiger partial charge in [0.15, 0.2) is 16.1 Å². The highest BCUT2D eigenvalue weighted by atomic mass is 35.5. The van der Waals surface area contributed by atoms with Gasteiger partial charge >= 0.3 is 0 Å². The number of hydrogen-bond donors (Lipinski definition) is 1. The number of nitrogens with one attached hydrogen (secondary N) is 1. The van der Waals surface area contributed by atoms with Gasteiger partial charge in [-0.05, 0) is 23.8 Å². The van der Waals surface area contributed by atoms with E-state index in [-0.39, 0.29) is 5.91 Å². The van der Waals surface area contributed by atoms with Gasteiger partial charge in [0, 0.05) is 40.9 Å². The zero-order valence-electron chi connectivity index (χ0n) is 19.5. The summed E-state index contributed by atoms with van der Waals surface area (Å²) in [5.74, 6) is 1.19. The minimum Gasteiger partial charge on any atom is -0.302 e. The van der Waals surface area contributed by atoms with Crippen molar-refractivity contribution in [2.45, 2.75) is 18.0 Å². The third kappa shape index (κ3) is 6.22. The SMILES string of the molecule is O=C(CCSc1nnc(-c2ccccc2)n1-c1ccccc1)Nc1ncc(Cc2cccc(Cl)c2Cl)s1. The predicted octanol–water partition coefficient (Wildman–Crippen LogP) is 7.41. The summed E-state index contributed by atoms with van der Waals surface area (Å²) < 4.78 is 2.02. The van der Waals surface area contributed by atoms with Gasteiger partial charge in [0.25, 0.3) is 0 Å². The van der Waals surface area contributed by atoms with E-state index in [1.807, 2.05) is 77.4 Å². The molecule has 3 aromatic carbocycles. The fraction of sp³-hybridized carbons (Fsp3) is 0.111. The molecule has 2 aromatic heterocycles. The van der Waals surface area contributed by atoms with E-state index in [1.54, 1.807) is 12.3 Å². The lowest BCUT2D eigenvalue weighted by Crippen LogP contribution is -2.12. The number of thiazole rings is 1. The zero-order chi connectivity index (χ0) is 25.6. The molecule has 6 nitrogen and oxygen atoms in total. The molecule has 10 heteroatoms. The van der Waals surface area contributed by atoms with Crippen LogP contribution >= 0.6 is 46.3 Å². The van der Waals surface area contributed by atoms with E-state index in [0.29, 0.717) is 33.8 Å². The van der Waals surface area contributed by atoms with E-state index in [2.05, 4.69) is 20.5 Å². The van der Waals surface area contributed by atoms with Gasteiger partial charge in [-0.25, -0.2) is 4.98 Å². The van der Waals surface area contributed by atoms with Crippen molar-refractivity contribution in [3.05, 3.63) is 106 Å². The third-order valence-electron chi connectivity index (χ3n) is 5.44. The number of halogens is 2. The molecule has 0 unspecified atom stereocenters. The highest BCUT2D eigenvalue weighted by molar-refractivity contribution is 7.99. The maximum absolute atomic E-state index is 12.6. The van der Waals surface area contributed by atoms with E-state index < -0.39 is 0 Å². The predicted molar refractivity (Wildman–Crippen MR) is 152 cm³/mol. The molecule has 5 aromatic rings. The Labute approximate surface area is 232 Å². The summed E-state index contributed by atoms with van der Waals surface area (Å²) in [6.07, 6.45) is 2.66. The molecule has 0 aliphatic heterocycles. The van der Waals surface area contributed by atoms with Crippen LogP contribution < -0.4 is 5.32 Å². The average Bonchev–Trinajstić information content (AvgIpc) is 3.54. The largest absolute Gasteiger partial charge is 0.302 e. The van der Waals surface area contributed by atoms with Crippen molar-refractivity contribution < 1.29 is 4.79 Å². The number of thioether (sulfide) groups is 1. The van der Waals surface area contributed by atoms with E-state index in [9.17, 15) is 4.79 Å². The van der Waals surface area contributed by atoms with Crippen LogP contribution in [0.3, 0.4) is 0 Å². The van der Waals surface area contributed by atoms with Crippen LogP contribution in [0.2, 0.25) is 10.0 Å². The molecule has 0 radical (unpaired) electrons. The molecule has 186 valence electrons. The maximum Gasteiger partial charge on any atom is 0.226 e. The Balaban J connectivity index is 1.22. The zero-order valence-corrected chi connectivity index (χ0v) is 22.6. The summed E-state index contributed by atoms with van der Waals surface area (Å²) in [4.78, 5) is 17.9. The molecule has 1 amide bonds. The lowest BCUT2D eigenvalue weighted by atomic mass is 10.1. The van der Waals surface area contributed by atoms with Crippen molar-refractivity contribution in [2.75, 3.05) is 11.1 Å². The highest BCUT2D eigenvalue weighted by Crippen LogP contribution is 2.30. The number of rotatable bonds is 9. The second-order valence-electron chi connectivity index (χ2n) is 8.01. The van der Waals surface area contributed by atoms with Crippen LogP contribution in [-0.4, -0.2) is 31.4 Å². The van der Waals surface area contributed by atoms with Gasteiger partial charge in [-0.3, -0.25) is 9.36 Å². The number of nitrogens with zero attached hydrogens (tertiary/aromatic N) is 4. The highest BCUT2D eigenvalue weighted by Gasteiger charge is 2.17. The lowest BCUT2D eigenvalue weighted by molar-refractivity contribution is -0.115. The fourth-order valence-electron chi connectivity index (χ4n) is 3.68. The molecule has 2 heterocycles. The molecular weight excluding hydrogens is 545 g/mol. The number of anilines is 1. The molecule has 0 saturated heterocycles. The Morgan fingerprint density at radius 1 is 0.946 bits per heavy atom. The van der Waals surface area contributed by atoms with Crippen LogP contribution in [0, 0.1) is 0 Å². The van der Waals surface area contributed by atoms with Crippen molar-refractivity contribution in [1.82, 2.24) is 19.7 Å². The van der Waals surface area contributed by atoms with Gasteiger partial charge in [0.05, 0.1) is 10.0 Å². The van der Waals surface area contributed by atoms with Crippen molar-refractivity contribution in [1.29, 1.82) is 0 Å². The molecular formula is C27H21Cl2N5OS2. The Bertz CT molecular complexity index is 1510. The Morgan fingerprint density at radius 3 is 2.49 bits per heavy atom. The second-order valence-corrected chi connectivity index (χ2v) is 11.0. The number of para-hydroxylation sites is 1. The molecule has 0 saturated carbocycles. The van der Waals surface area contributed by atoms with E-state index in [4.69, 9.17) is 23.2 Å². The number of carbonyl (C=O) groups excluding carboxylic acids is 1. The smallest absolute Gasteiger partial charge is 0.226 e. The van der Waals surface area contributed by atoms with Crippen LogP contribution in [0.25, 0.3) is 17.1 Å².